The van der Waals surface area contributed by atoms with E-state index in [1.807, 2.05) is 24.3 Å². The Morgan fingerprint density at radius 3 is 2.68 bits per heavy atom. The number of ether oxygens (including phenoxy) is 2. The van der Waals surface area contributed by atoms with Crippen molar-refractivity contribution in [3.63, 3.8) is 0 Å². The summed E-state index contributed by atoms with van der Waals surface area (Å²) in [5, 5.41) is 0. The number of carbonyl (C=O) groups is 1. The molecule has 1 aromatic carbocycles. The van der Waals surface area contributed by atoms with E-state index in [0.29, 0.717) is 6.42 Å². The maximum Gasteiger partial charge on any atom is 0.237 e. The van der Waals surface area contributed by atoms with E-state index in [4.69, 9.17) is 9.47 Å². The Labute approximate surface area is 130 Å². The number of benzene rings is 1. The molecule has 0 spiro atoms. The van der Waals surface area contributed by atoms with Crippen LogP contribution in [0, 0.1) is 5.92 Å². The van der Waals surface area contributed by atoms with Crippen LogP contribution in [0.5, 0.6) is 5.75 Å². The van der Waals surface area contributed by atoms with Crippen LogP contribution in [-0.2, 0) is 19.6 Å². The van der Waals surface area contributed by atoms with Gasteiger partial charge >= 0.3 is 0 Å². The summed E-state index contributed by atoms with van der Waals surface area (Å²) in [6.07, 6.45) is 0.163. The van der Waals surface area contributed by atoms with Crippen molar-refractivity contribution in [2.45, 2.75) is 25.4 Å². The Bertz CT molecular complexity index is 643. The molecule has 2 rings (SSSR count). The third-order valence-electron chi connectivity index (χ3n) is 3.78. The molecule has 0 aliphatic heterocycles. The van der Waals surface area contributed by atoms with Gasteiger partial charge in [0.15, 0.2) is 0 Å². The van der Waals surface area contributed by atoms with Gasteiger partial charge in [-0.05, 0) is 30.9 Å². The average Bonchev–Trinajstić information content (AvgIpc) is 3.26. The Kier molecular flexibility index (Phi) is 5.08. The molecule has 1 N–H and O–H groups in total. The Morgan fingerprint density at radius 1 is 1.36 bits per heavy atom. The zero-order chi connectivity index (χ0) is 16.3. The fourth-order valence-electron chi connectivity index (χ4n) is 2.45. The van der Waals surface area contributed by atoms with Crippen LogP contribution in [0.1, 0.15) is 24.8 Å². The smallest absolute Gasteiger partial charge is 0.237 e. The molecule has 1 saturated carbocycles. The summed E-state index contributed by atoms with van der Waals surface area (Å²) in [5.41, 5.74) is 0.938. The minimum absolute atomic E-state index is 0.00574. The molecule has 0 saturated heterocycles. The first-order chi connectivity index (χ1) is 10.4. The van der Waals surface area contributed by atoms with E-state index in [1.54, 1.807) is 14.0 Å². The van der Waals surface area contributed by atoms with E-state index < -0.39 is 22.0 Å². The lowest BCUT2D eigenvalue weighted by atomic mass is 10.1. The van der Waals surface area contributed by atoms with Gasteiger partial charge in [0.05, 0.1) is 19.0 Å². The highest BCUT2D eigenvalue weighted by molar-refractivity contribution is 7.90. The second-order valence-electron chi connectivity index (χ2n) is 5.48. The first-order valence-electron chi connectivity index (χ1n) is 7.08. The standard InChI is InChI=1S/C15H21NO5S/c1-10(20-2)9-22(18,19)16-15(17)13-8-12(13)11-6-4-5-7-14(11)21-3/h4-7,10,12-13H,8-9H2,1-3H3,(H,16,17)/t10?,12-,13+/m0/s1. The first kappa shape index (κ1) is 16.8. The molecule has 1 aliphatic carbocycles. The molecule has 7 heteroatoms. The fourth-order valence-corrected chi connectivity index (χ4v) is 3.74. The highest BCUT2D eigenvalue weighted by Gasteiger charge is 2.46. The molecule has 1 aromatic rings. The summed E-state index contributed by atoms with van der Waals surface area (Å²) in [7, 11) is -0.667. The van der Waals surface area contributed by atoms with E-state index in [-0.39, 0.29) is 17.6 Å². The van der Waals surface area contributed by atoms with Crippen LogP contribution in [0.2, 0.25) is 0 Å². The predicted molar refractivity (Wildman–Crippen MR) is 82.2 cm³/mol. The van der Waals surface area contributed by atoms with Gasteiger partial charge in [-0.25, -0.2) is 8.42 Å². The summed E-state index contributed by atoms with van der Waals surface area (Å²) in [6.45, 7) is 1.64. The van der Waals surface area contributed by atoms with Crippen LogP contribution in [0.15, 0.2) is 24.3 Å². The molecular formula is C15H21NO5S. The lowest BCUT2D eigenvalue weighted by Gasteiger charge is -2.11. The van der Waals surface area contributed by atoms with Gasteiger partial charge in [-0.1, -0.05) is 18.2 Å². The van der Waals surface area contributed by atoms with Crippen molar-refractivity contribution in [1.29, 1.82) is 0 Å². The molecule has 122 valence electrons. The third kappa shape index (κ3) is 3.98. The van der Waals surface area contributed by atoms with Crippen LogP contribution in [-0.4, -0.2) is 40.4 Å². The van der Waals surface area contributed by atoms with Gasteiger partial charge in [0, 0.05) is 13.0 Å². The quantitative estimate of drug-likeness (QED) is 0.816. The number of hydrogen-bond acceptors (Lipinski definition) is 5. The molecule has 0 heterocycles. The summed E-state index contributed by atoms with van der Waals surface area (Å²) in [6, 6.07) is 7.47. The van der Waals surface area contributed by atoms with E-state index in [9.17, 15) is 13.2 Å². The largest absolute Gasteiger partial charge is 0.496 e. The van der Waals surface area contributed by atoms with Crippen LogP contribution >= 0.6 is 0 Å². The monoisotopic (exact) mass is 327 g/mol. The molecule has 1 amide bonds. The number of para-hydroxylation sites is 1. The number of nitrogens with one attached hydrogen (secondary N) is 1. The van der Waals surface area contributed by atoms with Crippen molar-refractivity contribution in [2.75, 3.05) is 20.0 Å². The van der Waals surface area contributed by atoms with Crippen LogP contribution in [0.3, 0.4) is 0 Å². The molecule has 6 nitrogen and oxygen atoms in total. The van der Waals surface area contributed by atoms with Gasteiger partial charge in [-0.3, -0.25) is 9.52 Å². The third-order valence-corrected chi connectivity index (χ3v) is 5.20. The lowest BCUT2D eigenvalue weighted by Crippen LogP contribution is -2.37. The summed E-state index contributed by atoms with van der Waals surface area (Å²) < 4.78 is 36.1. The van der Waals surface area contributed by atoms with Gasteiger partial charge in [0.25, 0.3) is 0 Å². The van der Waals surface area contributed by atoms with E-state index in [1.165, 1.54) is 7.11 Å². The SMILES string of the molecule is COc1ccccc1[C@@H]1C[C@H]1C(=O)NS(=O)(=O)CC(C)OC. The molecule has 3 atom stereocenters. The van der Waals surface area contributed by atoms with Crippen molar-refractivity contribution in [3.05, 3.63) is 29.8 Å². The molecule has 1 unspecified atom stereocenters. The van der Waals surface area contributed by atoms with Gasteiger partial charge in [-0.2, -0.15) is 0 Å². The van der Waals surface area contributed by atoms with Crippen molar-refractivity contribution >= 4 is 15.9 Å². The lowest BCUT2D eigenvalue weighted by molar-refractivity contribution is -0.120. The molecule has 1 fully saturated rings. The van der Waals surface area contributed by atoms with E-state index >= 15 is 0 Å². The second-order valence-corrected chi connectivity index (χ2v) is 7.25. The number of hydrogen-bond donors (Lipinski definition) is 1. The molecule has 22 heavy (non-hydrogen) atoms. The Hall–Kier alpha value is -1.60. The summed E-state index contributed by atoms with van der Waals surface area (Å²) in [4.78, 5) is 12.1. The van der Waals surface area contributed by atoms with Crippen molar-refractivity contribution < 1.29 is 22.7 Å². The molecule has 0 radical (unpaired) electrons. The molecule has 0 bridgehead atoms. The van der Waals surface area contributed by atoms with Crippen molar-refractivity contribution in [3.8, 4) is 5.75 Å². The van der Waals surface area contributed by atoms with E-state index in [0.717, 1.165) is 11.3 Å². The van der Waals surface area contributed by atoms with Gasteiger partial charge in [0.2, 0.25) is 15.9 Å². The highest BCUT2D eigenvalue weighted by atomic mass is 32.2. The fraction of sp³-hybridized carbons (Fsp3) is 0.533. The van der Waals surface area contributed by atoms with Crippen LogP contribution < -0.4 is 9.46 Å². The number of amides is 1. The van der Waals surface area contributed by atoms with Crippen LogP contribution in [0.25, 0.3) is 0 Å². The molecule has 1 aliphatic rings. The maximum absolute atomic E-state index is 12.1. The second kappa shape index (κ2) is 6.66. The summed E-state index contributed by atoms with van der Waals surface area (Å²) in [5.74, 6) is -0.297. The zero-order valence-electron chi connectivity index (χ0n) is 12.9. The topological polar surface area (TPSA) is 81.7 Å². The van der Waals surface area contributed by atoms with Gasteiger partial charge < -0.3 is 9.47 Å². The molecule has 0 aromatic heterocycles. The first-order valence-corrected chi connectivity index (χ1v) is 8.73. The van der Waals surface area contributed by atoms with Gasteiger partial charge in [0.1, 0.15) is 5.75 Å². The Morgan fingerprint density at radius 2 is 2.05 bits per heavy atom. The van der Waals surface area contributed by atoms with E-state index in [2.05, 4.69) is 4.72 Å². The normalized spacial score (nSPS) is 22.0. The van der Waals surface area contributed by atoms with Gasteiger partial charge in [-0.15, -0.1) is 0 Å². The van der Waals surface area contributed by atoms with Crippen LogP contribution in [0.4, 0.5) is 0 Å². The highest BCUT2D eigenvalue weighted by Crippen LogP contribution is 2.50. The van der Waals surface area contributed by atoms with Crippen molar-refractivity contribution in [1.82, 2.24) is 4.72 Å². The average molecular weight is 327 g/mol. The predicted octanol–water partition coefficient (Wildman–Crippen LogP) is 1.28. The van der Waals surface area contributed by atoms with Crippen molar-refractivity contribution in [2.24, 2.45) is 5.92 Å². The Balaban J connectivity index is 1.99. The summed E-state index contributed by atoms with van der Waals surface area (Å²) >= 11 is 0. The number of carbonyl (C=O) groups excluding carboxylic acids is 1. The minimum atomic E-state index is -3.67. The number of methoxy groups -OCH3 is 2. The molecular weight excluding hydrogens is 306 g/mol. The minimum Gasteiger partial charge on any atom is -0.496 e. The number of rotatable bonds is 7. The number of sulfonamides is 1. The zero-order valence-corrected chi connectivity index (χ0v) is 13.7. The maximum atomic E-state index is 12.1.